The van der Waals surface area contributed by atoms with E-state index >= 15 is 0 Å². The van der Waals surface area contributed by atoms with Gasteiger partial charge in [0.15, 0.2) is 6.29 Å². The van der Waals surface area contributed by atoms with Crippen LogP contribution in [0.3, 0.4) is 0 Å². The second kappa shape index (κ2) is 13.4. The highest BCUT2D eigenvalue weighted by molar-refractivity contribution is 5.83. The topological polar surface area (TPSA) is 57.5 Å². The van der Waals surface area contributed by atoms with E-state index in [4.69, 9.17) is 10.2 Å². The summed E-state index contributed by atoms with van der Waals surface area (Å²) in [5.74, 6) is 1.02. The van der Waals surface area contributed by atoms with Crippen LogP contribution in [0, 0.1) is 11.8 Å². The van der Waals surface area contributed by atoms with Crippen molar-refractivity contribution in [1.82, 2.24) is 0 Å². The fraction of sp³-hybridized carbons (Fsp3) is 0.762. The summed E-state index contributed by atoms with van der Waals surface area (Å²) in [7, 11) is 0. The van der Waals surface area contributed by atoms with Gasteiger partial charge in [0.05, 0.1) is 0 Å². The zero-order chi connectivity index (χ0) is 17.6. The van der Waals surface area contributed by atoms with Crippen molar-refractivity contribution in [3.05, 3.63) is 24.3 Å². The second-order valence-corrected chi connectivity index (χ2v) is 7.03. The van der Waals surface area contributed by atoms with Gasteiger partial charge in [-0.1, -0.05) is 50.5 Å². The highest BCUT2D eigenvalue weighted by Gasteiger charge is 2.31. The Hall–Kier alpha value is -0.930. The fourth-order valence-electron chi connectivity index (χ4n) is 3.38. The summed E-state index contributed by atoms with van der Waals surface area (Å²) in [6.45, 7) is 2.23. The summed E-state index contributed by atoms with van der Waals surface area (Å²) < 4.78 is 0. The fourth-order valence-corrected chi connectivity index (χ4v) is 3.38. The van der Waals surface area contributed by atoms with Gasteiger partial charge >= 0.3 is 0 Å². The Kier molecular flexibility index (Phi) is 11.8. The average Bonchev–Trinajstić information content (AvgIpc) is 2.90. The van der Waals surface area contributed by atoms with Crippen LogP contribution in [-0.4, -0.2) is 22.3 Å². The van der Waals surface area contributed by atoms with E-state index in [-0.39, 0.29) is 5.92 Å². The first kappa shape index (κ1) is 21.1. The lowest BCUT2D eigenvalue weighted by Crippen LogP contribution is -2.12. The van der Waals surface area contributed by atoms with Gasteiger partial charge in [0.1, 0.15) is 5.78 Å². The van der Waals surface area contributed by atoms with Crippen molar-refractivity contribution in [3.63, 3.8) is 0 Å². The molecule has 0 bridgehead atoms. The van der Waals surface area contributed by atoms with Crippen molar-refractivity contribution in [2.24, 2.45) is 11.8 Å². The molecule has 1 saturated carbocycles. The molecule has 0 radical (unpaired) electrons. The van der Waals surface area contributed by atoms with Crippen LogP contribution in [0.25, 0.3) is 0 Å². The maximum Gasteiger partial charge on any atom is 0.151 e. The summed E-state index contributed by atoms with van der Waals surface area (Å²) in [5.41, 5.74) is 0. The van der Waals surface area contributed by atoms with Crippen molar-refractivity contribution in [1.29, 1.82) is 0 Å². The molecule has 2 atom stereocenters. The Morgan fingerprint density at radius 2 is 1.79 bits per heavy atom. The average molecular weight is 337 g/mol. The number of hydrogen-bond donors (Lipinski definition) is 2. The third-order valence-electron chi connectivity index (χ3n) is 4.90. The van der Waals surface area contributed by atoms with Gasteiger partial charge in [-0.25, -0.2) is 0 Å². The summed E-state index contributed by atoms with van der Waals surface area (Å²) >= 11 is 0. The molecule has 0 heterocycles. The number of unbranched alkanes of at least 4 members (excludes halogenated alkanes) is 6. The smallest absolute Gasteiger partial charge is 0.151 e. The van der Waals surface area contributed by atoms with Gasteiger partial charge in [-0.15, -0.1) is 0 Å². The summed E-state index contributed by atoms with van der Waals surface area (Å²) in [5, 5.41) is 17.6. The van der Waals surface area contributed by atoms with Crippen LogP contribution in [0.15, 0.2) is 24.3 Å². The van der Waals surface area contributed by atoms with Gasteiger partial charge in [0.25, 0.3) is 0 Å². The van der Waals surface area contributed by atoms with Gasteiger partial charge in [0, 0.05) is 12.3 Å². The number of carbonyl (C=O) groups is 1. The predicted molar refractivity (Wildman–Crippen MR) is 99.6 cm³/mol. The van der Waals surface area contributed by atoms with E-state index in [9.17, 15) is 4.79 Å². The molecule has 2 N–H and O–H groups in total. The molecule has 1 fully saturated rings. The van der Waals surface area contributed by atoms with Crippen LogP contribution in [-0.2, 0) is 4.79 Å². The number of Topliss-reactive ketones (excluding diaryl/α,β-unsaturated/α-hetero) is 1. The first-order chi connectivity index (χ1) is 11.6. The number of carbonyl (C=O) groups excluding carboxylic acids is 1. The van der Waals surface area contributed by atoms with Crippen LogP contribution in [0.5, 0.6) is 0 Å². The largest absolute Gasteiger partial charge is 0.368 e. The standard InChI is InChI=1S/C21H36O3/c1-2-3-4-5-7-10-13-18-16-17-20(22)19(18)14-11-8-6-9-12-15-21(23)24/h8,10-11,13,18-19,21,23-24H,2-7,9,12,14-17H2,1H3/t18-,19+/m0/s1. The number of ketones is 1. The molecule has 138 valence electrons. The monoisotopic (exact) mass is 336 g/mol. The molecule has 0 aromatic heterocycles. The molecule has 0 aromatic carbocycles. The molecule has 0 aliphatic heterocycles. The number of aliphatic hydroxyl groups excluding tert-OH is 1. The zero-order valence-electron chi connectivity index (χ0n) is 15.3. The van der Waals surface area contributed by atoms with Crippen molar-refractivity contribution in [2.75, 3.05) is 0 Å². The van der Waals surface area contributed by atoms with E-state index in [1.807, 2.05) is 0 Å². The Labute approximate surface area is 147 Å². The minimum atomic E-state index is -1.18. The van der Waals surface area contributed by atoms with Crippen LogP contribution < -0.4 is 0 Å². The highest BCUT2D eigenvalue weighted by Crippen LogP contribution is 2.33. The number of aliphatic hydroxyl groups is 2. The van der Waals surface area contributed by atoms with Crippen molar-refractivity contribution in [3.8, 4) is 0 Å². The van der Waals surface area contributed by atoms with Gasteiger partial charge in [-0.05, 0) is 57.3 Å². The molecule has 1 rings (SSSR count). The quantitative estimate of drug-likeness (QED) is 0.285. The van der Waals surface area contributed by atoms with Crippen LogP contribution in [0.4, 0.5) is 0 Å². The minimum Gasteiger partial charge on any atom is -0.368 e. The highest BCUT2D eigenvalue weighted by atomic mass is 16.5. The molecule has 0 saturated heterocycles. The van der Waals surface area contributed by atoms with E-state index < -0.39 is 6.29 Å². The molecule has 0 amide bonds. The maximum atomic E-state index is 12.1. The lowest BCUT2D eigenvalue weighted by molar-refractivity contribution is -0.120. The molecule has 24 heavy (non-hydrogen) atoms. The Bertz CT molecular complexity index is 385. The summed E-state index contributed by atoms with van der Waals surface area (Å²) in [4.78, 5) is 12.1. The predicted octanol–water partition coefficient (Wildman–Crippen LogP) is 4.93. The van der Waals surface area contributed by atoms with E-state index in [2.05, 4.69) is 31.2 Å². The third-order valence-corrected chi connectivity index (χ3v) is 4.90. The van der Waals surface area contributed by atoms with Crippen molar-refractivity contribution in [2.45, 2.75) is 90.3 Å². The lowest BCUT2D eigenvalue weighted by Gasteiger charge is -2.12. The molecular formula is C21H36O3. The van der Waals surface area contributed by atoms with Gasteiger partial charge in [-0.2, -0.15) is 0 Å². The van der Waals surface area contributed by atoms with E-state index in [1.165, 1.54) is 25.7 Å². The van der Waals surface area contributed by atoms with E-state index in [0.717, 1.165) is 44.9 Å². The summed E-state index contributed by atoms with van der Waals surface area (Å²) in [6.07, 6.45) is 19.8. The Balaban J connectivity index is 2.23. The molecule has 0 unspecified atom stereocenters. The normalized spacial score (nSPS) is 21.8. The lowest BCUT2D eigenvalue weighted by atomic mass is 9.91. The Morgan fingerprint density at radius 3 is 2.54 bits per heavy atom. The molecule has 1 aliphatic carbocycles. The molecule has 3 nitrogen and oxygen atoms in total. The third kappa shape index (κ3) is 9.39. The van der Waals surface area contributed by atoms with Crippen LogP contribution in [0.1, 0.15) is 84.0 Å². The first-order valence-electron chi connectivity index (χ1n) is 9.85. The number of rotatable bonds is 13. The number of hydrogen-bond acceptors (Lipinski definition) is 3. The molecular weight excluding hydrogens is 300 g/mol. The maximum absolute atomic E-state index is 12.1. The first-order valence-corrected chi connectivity index (χ1v) is 9.85. The van der Waals surface area contributed by atoms with Crippen molar-refractivity contribution >= 4 is 5.78 Å². The SMILES string of the molecule is CCCCCCC=C[C@H]1CCC(=O)[C@@H]1CC=CCCCCC(O)O. The molecule has 1 aliphatic rings. The van der Waals surface area contributed by atoms with Gasteiger partial charge in [-0.3, -0.25) is 4.79 Å². The minimum absolute atomic E-state index is 0.174. The zero-order valence-corrected chi connectivity index (χ0v) is 15.3. The Morgan fingerprint density at radius 1 is 1.04 bits per heavy atom. The summed E-state index contributed by atoms with van der Waals surface area (Å²) in [6, 6.07) is 0. The molecule has 3 heteroatoms. The molecule has 0 spiro atoms. The van der Waals surface area contributed by atoms with Gasteiger partial charge in [0.2, 0.25) is 0 Å². The van der Waals surface area contributed by atoms with Gasteiger partial charge < -0.3 is 10.2 Å². The van der Waals surface area contributed by atoms with E-state index in [1.54, 1.807) is 0 Å². The van der Waals surface area contributed by atoms with Crippen LogP contribution >= 0.6 is 0 Å². The number of allylic oxidation sites excluding steroid dienone is 4. The van der Waals surface area contributed by atoms with E-state index in [0.29, 0.717) is 18.1 Å². The molecule has 0 aromatic rings. The van der Waals surface area contributed by atoms with Crippen molar-refractivity contribution < 1.29 is 15.0 Å². The second-order valence-electron chi connectivity index (χ2n) is 7.03. The van der Waals surface area contributed by atoms with Crippen LogP contribution in [0.2, 0.25) is 0 Å².